The molecule has 6 heteroatoms. The molecular formula is C21H26FN3O2. The summed E-state index contributed by atoms with van der Waals surface area (Å²) in [7, 11) is 1.92. The Bertz CT molecular complexity index is 778. The molecule has 27 heavy (non-hydrogen) atoms. The fraction of sp³-hybridized carbons (Fsp3) is 0.381. The van der Waals surface area contributed by atoms with Gasteiger partial charge < -0.3 is 15.0 Å². The van der Waals surface area contributed by atoms with E-state index in [9.17, 15) is 9.18 Å². The average molecular weight is 371 g/mol. The summed E-state index contributed by atoms with van der Waals surface area (Å²) >= 11 is 0. The molecule has 1 aliphatic rings. The molecule has 0 aliphatic carbocycles. The first-order valence-electron chi connectivity index (χ1n) is 9.22. The van der Waals surface area contributed by atoms with Gasteiger partial charge in [-0.15, -0.1) is 0 Å². The molecule has 0 bridgehead atoms. The maximum absolute atomic E-state index is 13.3. The van der Waals surface area contributed by atoms with Gasteiger partial charge in [-0.25, -0.2) is 4.39 Å². The molecule has 0 aromatic heterocycles. The van der Waals surface area contributed by atoms with Crippen LogP contribution in [0.5, 0.6) is 0 Å². The van der Waals surface area contributed by atoms with Gasteiger partial charge in [0.1, 0.15) is 5.82 Å². The van der Waals surface area contributed by atoms with E-state index in [0.717, 1.165) is 26.3 Å². The number of nitrogens with one attached hydrogen (secondary N) is 1. The standard InChI is InChI=1S/C21H26FN3O2/c1-16(21(26)23-19-8-5-7-18(22)14-19)24(2)15-17-6-3-4-9-20(17)25-10-12-27-13-11-25/h3-9,14,16H,10-13,15H2,1-2H3,(H,23,26). The molecular weight excluding hydrogens is 345 g/mol. The SMILES string of the molecule is CC(C(=O)Nc1cccc(F)c1)N(C)Cc1ccccc1N1CCOCC1. The van der Waals surface area contributed by atoms with E-state index in [0.29, 0.717) is 12.2 Å². The molecule has 5 nitrogen and oxygen atoms in total. The molecule has 1 N–H and O–H groups in total. The molecule has 144 valence electrons. The van der Waals surface area contributed by atoms with Crippen LogP contribution in [0.1, 0.15) is 12.5 Å². The van der Waals surface area contributed by atoms with Crippen molar-refractivity contribution in [2.45, 2.75) is 19.5 Å². The zero-order valence-electron chi connectivity index (χ0n) is 15.8. The smallest absolute Gasteiger partial charge is 0.241 e. The Kier molecular flexibility index (Phi) is 6.42. The van der Waals surface area contributed by atoms with E-state index < -0.39 is 0 Å². The van der Waals surface area contributed by atoms with Gasteiger partial charge in [-0.3, -0.25) is 9.69 Å². The van der Waals surface area contributed by atoms with Gasteiger partial charge in [0.05, 0.1) is 19.3 Å². The number of amides is 1. The van der Waals surface area contributed by atoms with Crippen LogP contribution >= 0.6 is 0 Å². The van der Waals surface area contributed by atoms with Gasteiger partial charge in [0.15, 0.2) is 0 Å². The van der Waals surface area contributed by atoms with E-state index in [2.05, 4.69) is 22.3 Å². The highest BCUT2D eigenvalue weighted by Crippen LogP contribution is 2.23. The second-order valence-electron chi connectivity index (χ2n) is 6.82. The summed E-state index contributed by atoms with van der Waals surface area (Å²) in [5.74, 6) is -0.528. The molecule has 0 spiro atoms. The van der Waals surface area contributed by atoms with Gasteiger partial charge in [0, 0.05) is 31.0 Å². The van der Waals surface area contributed by atoms with Gasteiger partial charge in [-0.2, -0.15) is 0 Å². The molecule has 1 heterocycles. The minimum Gasteiger partial charge on any atom is -0.378 e. The fourth-order valence-electron chi connectivity index (χ4n) is 3.18. The quantitative estimate of drug-likeness (QED) is 0.847. The third-order valence-corrected chi connectivity index (χ3v) is 4.90. The molecule has 3 rings (SSSR count). The van der Waals surface area contributed by atoms with Gasteiger partial charge in [0.2, 0.25) is 5.91 Å². The monoisotopic (exact) mass is 371 g/mol. The van der Waals surface area contributed by atoms with Crippen molar-refractivity contribution in [2.75, 3.05) is 43.6 Å². The summed E-state index contributed by atoms with van der Waals surface area (Å²) in [4.78, 5) is 16.9. The van der Waals surface area contributed by atoms with E-state index in [-0.39, 0.29) is 17.8 Å². The van der Waals surface area contributed by atoms with E-state index in [1.54, 1.807) is 12.1 Å². The van der Waals surface area contributed by atoms with Crippen LogP contribution in [0, 0.1) is 5.82 Å². The van der Waals surface area contributed by atoms with Crippen LogP contribution in [0.15, 0.2) is 48.5 Å². The Balaban J connectivity index is 1.65. The van der Waals surface area contributed by atoms with Crippen molar-refractivity contribution in [1.82, 2.24) is 4.90 Å². The molecule has 0 saturated carbocycles. The van der Waals surface area contributed by atoms with Gasteiger partial charge >= 0.3 is 0 Å². The van der Waals surface area contributed by atoms with Crippen LogP contribution < -0.4 is 10.2 Å². The molecule has 1 fully saturated rings. The first-order chi connectivity index (χ1) is 13.0. The van der Waals surface area contributed by atoms with Crippen LogP contribution in [0.3, 0.4) is 0 Å². The summed E-state index contributed by atoms with van der Waals surface area (Å²) in [5.41, 5.74) is 2.83. The molecule has 1 aliphatic heterocycles. The number of morpholine rings is 1. The van der Waals surface area contributed by atoms with Gasteiger partial charge in [-0.05, 0) is 43.8 Å². The van der Waals surface area contributed by atoms with E-state index in [1.165, 1.54) is 23.4 Å². The number of hydrogen-bond acceptors (Lipinski definition) is 4. The minimum atomic E-state index is -0.367. The third kappa shape index (κ3) is 5.05. The van der Waals surface area contributed by atoms with Crippen LogP contribution in [0.2, 0.25) is 0 Å². The fourth-order valence-corrected chi connectivity index (χ4v) is 3.18. The number of carbonyl (C=O) groups excluding carboxylic acids is 1. The lowest BCUT2D eigenvalue weighted by Gasteiger charge is -2.32. The van der Waals surface area contributed by atoms with Crippen molar-refractivity contribution in [2.24, 2.45) is 0 Å². The Hall–Kier alpha value is -2.44. The van der Waals surface area contributed by atoms with Crippen LogP contribution in [-0.4, -0.2) is 50.2 Å². The first kappa shape index (κ1) is 19.3. The number of hydrogen-bond donors (Lipinski definition) is 1. The predicted octanol–water partition coefficient (Wildman–Crippen LogP) is 3.12. The number of ether oxygens (including phenoxy) is 1. The highest BCUT2D eigenvalue weighted by atomic mass is 19.1. The summed E-state index contributed by atoms with van der Waals surface area (Å²) in [6.07, 6.45) is 0. The zero-order valence-corrected chi connectivity index (χ0v) is 15.8. The Morgan fingerprint density at radius 1 is 1.22 bits per heavy atom. The predicted molar refractivity (Wildman–Crippen MR) is 105 cm³/mol. The number of para-hydroxylation sites is 1. The Labute approximate surface area is 159 Å². The van der Waals surface area contributed by atoms with Crippen LogP contribution in [0.4, 0.5) is 15.8 Å². The molecule has 1 saturated heterocycles. The van der Waals surface area contributed by atoms with E-state index in [4.69, 9.17) is 4.74 Å². The number of rotatable bonds is 6. The van der Waals surface area contributed by atoms with Crippen molar-refractivity contribution in [3.8, 4) is 0 Å². The lowest BCUT2D eigenvalue weighted by atomic mass is 10.1. The number of benzene rings is 2. The average Bonchev–Trinajstić information content (AvgIpc) is 2.68. The number of nitrogens with zero attached hydrogens (tertiary/aromatic N) is 2. The van der Waals surface area contributed by atoms with Crippen molar-refractivity contribution >= 4 is 17.3 Å². The second kappa shape index (κ2) is 8.97. The van der Waals surface area contributed by atoms with Crippen LogP contribution in [-0.2, 0) is 16.1 Å². The number of halogens is 1. The maximum Gasteiger partial charge on any atom is 0.241 e. The molecule has 1 amide bonds. The molecule has 1 unspecified atom stereocenters. The summed E-state index contributed by atoms with van der Waals surface area (Å²) in [6.45, 7) is 5.71. The highest BCUT2D eigenvalue weighted by Gasteiger charge is 2.21. The van der Waals surface area contributed by atoms with E-state index in [1.807, 2.05) is 31.0 Å². The van der Waals surface area contributed by atoms with Crippen molar-refractivity contribution in [1.29, 1.82) is 0 Å². The molecule has 1 atom stereocenters. The lowest BCUT2D eigenvalue weighted by molar-refractivity contribution is -0.120. The van der Waals surface area contributed by atoms with Crippen LogP contribution in [0.25, 0.3) is 0 Å². The Morgan fingerprint density at radius 2 is 1.96 bits per heavy atom. The highest BCUT2D eigenvalue weighted by molar-refractivity contribution is 5.94. The van der Waals surface area contributed by atoms with Gasteiger partial charge in [-0.1, -0.05) is 24.3 Å². The number of carbonyl (C=O) groups is 1. The van der Waals surface area contributed by atoms with Crippen molar-refractivity contribution in [3.05, 3.63) is 59.9 Å². The lowest BCUT2D eigenvalue weighted by Crippen LogP contribution is -2.40. The summed E-state index contributed by atoms with van der Waals surface area (Å²) < 4.78 is 18.8. The summed E-state index contributed by atoms with van der Waals surface area (Å²) in [5, 5.41) is 2.78. The first-order valence-corrected chi connectivity index (χ1v) is 9.22. The molecule has 2 aromatic carbocycles. The minimum absolute atomic E-state index is 0.160. The number of likely N-dealkylation sites (N-methyl/N-ethyl adjacent to an activating group) is 1. The normalized spacial score (nSPS) is 15.6. The number of anilines is 2. The summed E-state index contributed by atoms with van der Waals surface area (Å²) in [6, 6.07) is 13.8. The van der Waals surface area contributed by atoms with Crippen molar-refractivity contribution in [3.63, 3.8) is 0 Å². The largest absolute Gasteiger partial charge is 0.378 e. The topological polar surface area (TPSA) is 44.8 Å². The third-order valence-electron chi connectivity index (χ3n) is 4.90. The van der Waals surface area contributed by atoms with Gasteiger partial charge in [0.25, 0.3) is 0 Å². The van der Waals surface area contributed by atoms with E-state index >= 15 is 0 Å². The maximum atomic E-state index is 13.3. The molecule has 0 radical (unpaired) electrons. The molecule has 2 aromatic rings. The second-order valence-corrected chi connectivity index (χ2v) is 6.82. The van der Waals surface area contributed by atoms with Crippen molar-refractivity contribution < 1.29 is 13.9 Å². The Morgan fingerprint density at radius 3 is 2.70 bits per heavy atom. The zero-order chi connectivity index (χ0) is 19.2.